The van der Waals surface area contributed by atoms with Crippen LogP contribution in [0.15, 0.2) is 58.1 Å². The first-order chi connectivity index (χ1) is 10.5. The molecule has 2 aromatic rings. The van der Waals surface area contributed by atoms with Crippen molar-refractivity contribution in [2.75, 3.05) is 6.61 Å². The molecule has 1 N–H and O–H groups in total. The highest BCUT2D eigenvalue weighted by Crippen LogP contribution is 2.15. The van der Waals surface area contributed by atoms with Crippen LogP contribution in [0.25, 0.3) is 0 Å². The first kappa shape index (κ1) is 16.2. The van der Waals surface area contributed by atoms with Gasteiger partial charge in [0.15, 0.2) is 6.61 Å². The SMILES string of the molecule is CC(=NNC(=O)COc1ccc(Br)cc1)c1ccc(C)cc1. The summed E-state index contributed by atoms with van der Waals surface area (Å²) in [5, 5.41) is 4.08. The van der Waals surface area contributed by atoms with E-state index in [-0.39, 0.29) is 12.5 Å². The number of benzene rings is 2. The number of nitrogens with one attached hydrogen (secondary N) is 1. The highest BCUT2D eigenvalue weighted by molar-refractivity contribution is 9.10. The zero-order valence-corrected chi connectivity index (χ0v) is 14.1. The second-order valence-electron chi connectivity index (χ2n) is 4.84. The number of ether oxygens (including phenoxy) is 1. The molecule has 0 radical (unpaired) electrons. The maximum atomic E-state index is 11.7. The Balaban J connectivity index is 1.85. The zero-order valence-electron chi connectivity index (χ0n) is 12.5. The summed E-state index contributed by atoms with van der Waals surface area (Å²) in [4.78, 5) is 11.7. The van der Waals surface area contributed by atoms with Gasteiger partial charge in [0.1, 0.15) is 5.75 Å². The molecule has 0 saturated carbocycles. The Hall–Kier alpha value is -2.14. The highest BCUT2D eigenvalue weighted by Gasteiger charge is 2.03. The van der Waals surface area contributed by atoms with Crippen molar-refractivity contribution in [3.63, 3.8) is 0 Å². The summed E-state index contributed by atoms with van der Waals surface area (Å²) < 4.78 is 6.34. The number of nitrogens with zero attached hydrogens (tertiary/aromatic N) is 1. The van der Waals surface area contributed by atoms with Gasteiger partial charge in [-0.2, -0.15) is 5.10 Å². The Labute approximate surface area is 138 Å². The van der Waals surface area contributed by atoms with Crippen molar-refractivity contribution in [2.45, 2.75) is 13.8 Å². The van der Waals surface area contributed by atoms with Crippen LogP contribution < -0.4 is 10.2 Å². The lowest BCUT2D eigenvalue weighted by Gasteiger charge is -2.06. The summed E-state index contributed by atoms with van der Waals surface area (Å²) in [5.74, 6) is 0.340. The second-order valence-corrected chi connectivity index (χ2v) is 5.76. The fourth-order valence-corrected chi connectivity index (χ4v) is 1.98. The minimum atomic E-state index is -0.297. The largest absolute Gasteiger partial charge is 0.484 e. The van der Waals surface area contributed by atoms with E-state index in [9.17, 15) is 4.79 Å². The lowest BCUT2D eigenvalue weighted by molar-refractivity contribution is -0.123. The van der Waals surface area contributed by atoms with Gasteiger partial charge in [0.2, 0.25) is 0 Å². The Morgan fingerprint density at radius 1 is 1.14 bits per heavy atom. The van der Waals surface area contributed by atoms with E-state index in [0.29, 0.717) is 5.75 Å². The monoisotopic (exact) mass is 360 g/mol. The standard InChI is InChI=1S/C17H17BrN2O2/c1-12-3-5-14(6-4-12)13(2)19-20-17(21)11-22-16-9-7-15(18)8-10-16/h3-10H,11H2,1-2H3,(H,20,21). The van der Waals surface area contributed by atoms with Crippen molar-refractivity contribution in [3.8, 4) is 5.75 Å². The second kappa shape index (κ2) is 7.75. The molecule has 2 aromatic carbocycles. The fraction of sp³-hybridized carbons (Fsp3) is 0.176. The molecular formula is C17H17BrN2O2. The van der Waals surface area contributed by atoms with Crippen LogP contribution in [0.1, 0.15) is 18.1 Å². The van der Waals surface area contributed by atoms with Gasteiger partial charge in [-0.15, -0.1) is 0 Å². The van der Waals surface area contributed by atoms with Crippen LogP contribution in [0.2, 0.25) is 0 Å². The molecule has 0 aliphatic carbocycles. The molecule has 0 heterocycles. The van der Waals surface area contributed by atoms with Gasteiger partial charge in [-0.1, -0.05) is 45.8 Å². The summed E-state index contributed by atoms with van der Waals surface area (Å²) in [6.45, 7) is 3.80. The molecule has 1 amide bonds. The molecule has 0 aliphatic heterocycles. The van der Waals surface area contributed by atoms with E-state index >= 15 is 0 Å². The molecule has 4 nitrogen and oxygen atoms in total. The summed E-state index contributed by atoms with van der Waals surface area (Å²) in [6, 6.07) is 15.2. The molecule has 22 heavy (non-hydrogen) atoms. The number of hydrazone groups is 1. The first-order valence-electron chi connectivity index (χ1n) is 6.83. The van der Waals surface area contributed by atoms with Crippen molar-refractivity contribution in [3.05, 3.63) is 64.1 Å². The van der Waals surface area contributed by atoms with E-state index in [1.165, 1.54) is 5.56 Å². The van der Waals surface area contributed by atoms with Gasteiger partial charge in [0.05, 0.1) is 5.71 Å². The summed E-state index contributed by atoms with van der Waals surface area (Å²) in [5.41, 5.74) is 5.39. The highest BCUT2D eigenvalue weighted by atomic mass is 79.9. The van der Waals surface area contributed by atoms with Crippen molar-refractivity contribution in [2.24, 2.45) is 5.10 Å². The lowest BCUT2D eigenvalue weighted by atomic mass is 10.1. The third-order valence-electron chi connectivity index (χ3n) is 3.00. The molecular weight excluding hydrogens is 344 g/mol. The van der Waals surface area contributed by atoms with Crippen LogP contribution in [-0.4, -0.2) is 18.2 Å². The van der Waals surface area contributed by atoms with Crippen LogP contribution in [0.5, 0.6) is 5.75 Å². The number of hydrogen-bond acceptors (Lipinski definition) is 3. The molecule has 0 aliphatic rings. The molecule has 2 rings (SSSR count). The normalized spacial score (nSPS) is 11.1. The number of rotatable bonds is 5. The molecule has 0 fully saturated rings. The summed E-state index contributed by atoms with van der Waals surface area (Å²) in [6.07, 6.45) is 0. The Morgan fingerprint density at radius 3 is 2.41 bits per heavy atom. The van der Waals surface area contributed by atoms with E-state index in [1.807, 2.05) is 50.2 Å². The van der Waals surface area contributed by atoms with E-state index in [1.54, 1.807) is 12.1 Å². The number of aryl methyl sites for hydroxylation is 1. The average Bonchev–Trinajstić information content (AvgIpc) is 2.52. The third-order valence-corrected chi connectivity index (χ3v) is 3.53. The van der Waals surface area contributed by atoms with Gasteiger partial charge in [-0.3, -0.25) is 4.79 Å². The number of carbonyl (C=O) groups is 1. The van der Waals surface area contributed by atoms with Gasteiger partial charge in [-0.25, -0.2) is 5.43 Å². The van der Waals surface area contributed by atoms with Crippen LogP contribution in [0, 0.1) is 6.92 Å². The maximum absolute atomic E-state index is 11.7. The van der Waals surface area contributed by atoms with Crippen molar-refractivity contribution in [1.29, 1.82) is 0 Å². The molecule has 0 saturated heterocycles. The molecule has 0 unspecified atom stereocenters. The smallest absolute Gasteiger partial charge is 0.277 e. The van der Waals surface area contributed by atoms with Gasteiger partial charge < -0.3 is 4.74 Å². The number of amides is 1. The summed E-state index contributed by atoms with van der Waals surface area (Å²) in [7, 11) is 0. The minimum absolute atomic E-state index is 0.0771. The topological polar surface area (TPSA) is 50.7 Å². The van der Waals surface area contributed by atoms with Crippen LogP contribution in [0.4, 0.5) is 0 Å². The Bertz CT molecular complexity index is 664. The number of carbonyl (C=O) groups excluding carboxylic acids is 1. The minimum Gasteiger partial charge on any atom is -0.484 e. The molecule has 0 aromatic heterocycles. The molecule has 5 heteroatoms. The maximum Gasteiger partial charge on any atom is 0.277 e. The average molecular weight is 361 g/mol. The van der Waals surface area contributed by atoms with Crippen LogP contribution in [-0.2, 0) is 4.79 Å². The van der Waals surface area contributed by atoms with E-state index in [2.05, 4.69) is 26.5 Å². The van der Waals surface area contributed by atoms with Crippen LogP contribution >= 0.6 is 15.9 Å². The van der Waals surface area contributed by atoms with Crippen LogP contribution in [0.3, 0.4) is 0 Å². The van der Waals surface area contributed by atoms with Gasteiger partial charge >= 0.3 is 0 Å². The summed E-state index contributed by atoms with van der Waals surface area (Å²) >= 11 is 3.34. The number of hydrogen-bond donors (Lipinski definition) is 1. The molecule has 0 atom stereocenters. The Kier molecular flexibility index (Phi) is 5.72. The van der Waals surface area contributed by atoms with Crippen molar-refractivity contribution >= 4 is 27.5 Å². The lowest BCUT2D eigenvalue weighted by Crippen LogP contribution is -2.25. The van der Waals surface area contributed by atoms with E-state index in [0.717, 1.165) is 15.7 Å². The molecule has 114 valence electrons. The van der Waals surface area contributed by atoms with Gasteiger partial charge in [0, 0.05) is 4.47 Å². The van der Waals surface area contributed by atoms with E-state index < -0.39 is 0 Å². The zero-order chi connectivity index (χ0) is 15.9. The number of halogens is 1. The third kappa shape index (κ3) is 5.00. The van der Waals surface area contributed by atoms with Gasteiger partial charge in [-0.05, 0) is 43.7 Å². The predicted molar refractivity (Wildman–Crippen MR) is 91.2 cm³/mol. The Morgan fingerprint density at radius 2 is 1.77 bits per heavy atom. The van der Waals surface area contributed by atoms with E-state index in [4.69, 9.17) is 4.74 Å². The van der Waals surface area contributed by atoms with Gasteiger partial charge in [0.25, 0.3) is 5.91 Å². The fourth-order valence-electron chi connectivity index (χ4n) is 1.72. The molecule has 0 bridgehead atoms. The first-order valence-corrected chi connectivity index (χ1v) is 7.62. The van der Waals surface area contributed by atoms with Crippen molar-refractivity contribution < 1.29 is 9.53 Å². The van der Waals surface area contributed by atoms with Crippen molar-refractivity contribution in [1.82, 2.24) is 5.43 Å². The predicted octanol–water partition coefficient (Wildman–Crippen LogP) is 3.68. The quantitative estimate of drug-likeness (QED) is 0.653. The molecule has 0 spiro atoms.